The highest BCUT2D eigenvalue weighted by atomic mass is 16.2. The van der Waals surface area contributed by atoms with Crippen LogP contribution in [0.2, 0.25) is 0 Å². The second-order valence-corrected chi connectivity index (χ2v) is 8.98. The second kappa shape index (κ2) is 8.22. The van der Waals surface area contributed by atoms with E-state index in [9.17, 15) is 9.59 Å². The van der Waals surface area contributed by atoms with Gasteiger partial charge in [0.25, 0.3) is 5.91 Å². The van der Waals surface area contributed by atoms with Gasteiger partial charge in [0.1, 0.15) is 0 Å². The van der Waals surface area contributed by atoms with Crippen molar-refractivity contribution in [3.05, 3.63) is 53.9 Å². The molecule has 0 radical (unpaired) electrons. The molecule has 7 nitrogen and oxygen atoms in total. The third kappa shape index (κ3) is 3.99. The Kier molecular flexibility index (Phi) is 5.64. The van der Waals surface area contributed by atoms with Crippen LogP contribution >= 0.6 is 0 Å². The minimum absolute atomic E-state index is 0.00449. The first-order valence-corrected chi connectivity index (χ1v) is 10.8. The molecule has 2 aromatic rings. The van der Waals surface area contributed by atoms with Gasteiger partial charge in [-0.25, -0.2) is 0 Å². The average Bonchev–Trinajstić information content (AvgIpc) is 3.31. The summed E-state index contributed by atoms with van der Waals surface area (Å²) in [5.41, 5.74) is 1.69. The minimum atomic E-state index is -0.176. The highest BCUT2D eigenvalue weighted by Crippen LogP contribution is 2.45. The summed E-state index contributed by atoms with van der Waals surface area (Å²) in [5, 5.41) is 7.31. The lowest BCUT2D eigenvalue weighted by Gasteiger charge is -2.50. The lowest BCUT2D eigenvalue weighted by molar-refractivity contribution is -0.131. The van der Waals surface area contributed by atoms with Crippen LogP contribution in [0.4, 0.5) is 0 Å². The molecule has 2 saturated heterocycles. The molecule has 3 heterocycles. The largest absolute Gasteiger partial charge is 0.354 e. The smallest absolute Gasteiger partial charge is 0.257 e. The molecule has 2 fully saturated rings. The summed E-state index contributed by atoms with van der Waals surface area (Å²) in [6.07, 6.45) is 3.43. The minimum Gasteiger partial charge on any atom is -0.354 e. The number of hydrogen-bond donors (Lipinski definition) is 1. The molecule has 1 N–H and O–H groups in total. The second-order valence-electron chi connectivity index (χ2n) is 8.98. The number of aryl methyl sites for hydroxylation is 1. The summed E-state index contributed by atoms with van der Waals surface area (Å²) in [6, 6.07) is 10.5. The Morgan fingerprint density at radius 1 is 1.20 bits per heavy atom. The van der Waals surface area contributed by atoms with E-state index in [1.807, 2.05) is 43.9 Å². The zero-order valence-corrected chi connectivity index (χ0v) is 18.0. The molecule has 2 amide bonds. The van der Waals surface area contributed by atoms with Gasteiger partial charge in [-0.2, -0.15) is 5.10 Å². The van der Waals surface area contributed by atoms with E-state index in [0.717, 1.165) is 26.2 Å². The number of hydrogen-bond acceptors (Lipinski definition) is 4. The molecule has 1 atom stereocenters. The molecule has 30 heavy (non-hydrogen) atoms. The Hall–Kier alpha value is -2.67. The number of carbonyl (C=O) groups excluding carboxylic acids is 2. The first-order chi connectivity index (χ1) is 14.4. The Balaban J connectivity index is 1.47. The van der Waals surface area contributed by atoms with Crippen LogP contribution in [0.25, 0.3) is 0 Å². The van der Waals surface area contributed by atoms with Crippen LogP contribution in [-0.4, -0.2) is 63.6 Å². The monoisotopic (exact) mass is 409 g/mol. The molecule has 2 aliphatic rings. The van der Waals surface area contributed by atoms with E-state index in [4.69, 9.17) is 0 Å². The Labute approximate surface area is 178 Å². The van der Waals surface area contributed by atoms with Crippen molar-refractivity contribution in [3.63, 3.8) is 0 Å². The molecule has 1 unspecified atom stereocenters. The van der Waals surface area contributed by atoms with E-state index in [0.29, 0.717) is 18.7 Å². The predicted octanol–water partition coefficient (Wildman–Crippen LogP) is 2.00. The van der Waals surface area contributed by atoms with Crippen LogP contribution in [0, 0.1) is 11.3 Å². The summed E-state index contributed by atoms with van der Waals surface area (Å²) >= 11 is 0. The van der Waals surface area contributed by atoms with Gasteiger partial charge in [0.05, 0.1) is 17.7 Å². The van der Waals surface area contributed by atoms with Crippen LogP contribution in [0.5, 0.6) is 0 Å². The fraction of sp³-hybridized carbons (Fsp3) is 0.522. The molecular formula is C23H31N5O2. The fourth-order valence-electron chi connectivity index (χ4n) is 4.79. The van der Waals surface area contributed by atoms with Crippen molar-refractivity contribution in [1.29, 1.82) is 0 Å². The molecule has 0 aliphatic carbocycles. The van der Waals surface area contributed by atoms with Crippen LogP contribution in [0.1, 0.15) is 36.7 Å². The summed E-state index contributed by atoms with van der Waals surface area (Å²) in [6.45, 7) is 10.3. The third-order valence-electron chi connectivity index (χ3n) is 6.22. The van der Waals surface area contributed by atoms with Crippen LogP contribution in [0.3, 0.4) is 0 Å². The lowest BCUT2D eigenvalue weighted by Crippen LogP contribution is -2.64. The van der Waals surface area contributed by atoms with Gasteiger partial charge in [0.15, 0.2) is 0 Å². The van der Waals surface area contributed by atoms with E-state index in [-0.39, 0.29) is 29.2 Å². The first-order valence-electron chi connectivity index (χ1n) is 10.8. The van der Waals surface area contributed by atoms with E-state index >= 15 is 0 Å². The third-order valence-corrected chi connectivity index (χ3v) is 6.22. The lowest BCUT2D eigenvalue weighted by atomic mass is 9.71. The summed E-state index contributed by atoms with van der Waals surface area (Å²) in [4.78, 5) is 30.1. The average molecular weight is 410 g/mol. The number of aromatic nitrogens is 2. The van der Waals surface area contributed by atoms with Gasteiger partial charge >= 0.3 is 0 Å². The van der Waals surface area contributed by atoms with E-state index in [2.05, 4.69) is 27.4 Å². The van der Waals surface area contributed by atoms with Gasteiger partial charge in [-0.1, -0.05) is 30.3 Å². The van der Waals surface area contributed by atoms with Crippen molar-refractivity contribution in [3.8, 4) is 0 Å². The zero-order chi connectivity index (χ0) is 21.3. The number of likely N-dealkylation sites (tertiary alicyclic amines) is 2. The highest BCUT2D eigenvalue weighted by Gasteiger charge is 2.57. The maximum Gasteiger partial charge on any atom is 0.257 e. The molecule has 2 aliphatic heterocycles. The molecule has 1 aromatic carbocycles. The number of carbonyl (C=O) groups is 2. The predicted molar refractivity (Wildman–Crippen MR) is 115 cm³/mol. The Morgan fingerprint density at radius 3 is 2.57 bits per heavy atom. The normalized spacial score (nSPS) is 20.5. The van der Waals surface area contributed by atoms with E-state index in [1.54, 1.807) is 17.1 Å². The molecular weight excluding hydrogens is 378 g/mol. The fourth-order valence-corrected chi connectivity index (χ4v) is 4.79. The Morgan fingerprint density at radius 2 is 1.93 bits per heavy atom. The maximum atomic E-state index is 13.0. The van der Waals surface area contributed by atoms with Gasteiger partial charge in [-0.3, -0.25) is 19.2 Å². The maximum absolute atomic E-state index is 13.0. The van der Waals surface area contributed by atoms with Crippen molar-refractivity contribution in [2.24, 2.45) is 11.3 Å². The van der Waals surface area contributed by atoms with Gasteiger partial charge in [-0.15, -0.1) is 0 Å². The summed E-state index contributed by atoms with van der Waals surface area (Å²) < 4.78 is 1.76. The standard InChI is InChI=1S/C23H31N5O2/c1-4-28-12-19(10-24-28)22(30)27-15-23(16-27)14-26(11-18-8-6-5-7-9-18)13-20(23)21(29)25-17(2)3/h5-10,12,17,20H,4,11,13-16H2,1-3H3,(H,25,29). The summed E-state index contributed by atoms with van der Waals surface area (Å²) in [7, 11) is 0. The molecule has 1 spiro atoms. The van der Waals surface area contributed by atoms with Crippen molar-refractivity contribution >= 4 is 11.8 Å². The topological polar surface area (TPSA) is 70.5 Å². The van der Waals surface area contributed by atoms with Gasteiger partial charge < -0.3 is 10.2 Å². The zero-order valence-electron chi connectivity index (χ0n) is 18.0. The molecule has 0 saturated carbocycles. The SMILES string of the molecule is CCn1cc(C(=O)N2CC3(CN(Cc4ccccc4)CC3C(=O)NC(C)C)C2)cn1. The number of amides is 2. The van der Waals surface area contributed by atoms with Gasteiger partial charge in [0.2, 0.25) is 5.91 Å². The van der Waals surface area contributed by atoms with Crippen molar-refractivity contribution in [1.82, 2.24) is 24.9 Å². The first kappa shape index (κ1) is 20.6. The van der Waals surface area contributed by atoms with Crippen LogP contribution in [0.15, 0.2) is 42.7 Å². The molecule has 160 valence electrons. The van der Waals surface area contributed by atoms with Crippen molar-refractivity contribution in [2.75, 3.05) is 26.2 Å². The van der Waals surface area contributed by atoms with Crippen molar-refractivity contribution in [2.45, 2.75) is 39.9 Å². The van der Waals surface area contributed by atoms with Gasteiger partial charge in [0, 0.05) is 56.9 Å². The van der Waals surface area contributed by atoms with Crippen molar-refractivity contribution < 1.29 is 9.59 Å². The molecule has 1 aromatic heterocycles. The Bertz CT molecular complexity index is 901. The summed E-state index contributed by atoms with van der Waals surface area (Å²) in [5.74, 6) is 0.00217. The quantitative estimate of drug-likeness (QED) is 0.792. The molecule has 0 bridgehead atoms. The number of rotatable bonds is 6. The van der Waals surface area contributed by atoms with Crippen LogP contribution in [-0.2, 0) is 17.9 Å². The number of benzene rings is 1. The van der Waals surface area contributed by atoms with E-state index < -0.39 is 0 Å². The number of nitrogens with zero attached hydrogens (tertiary/aromatic N) is 4. The molecule has 4 rings (SSSR count). The van der Waals surface area contributed by atoms with E-state index in [1.165, 1.54) is 5.56 Å². The van der Waals surface area contributed by atoms with Crippen LogP contribution < -0.4 is 5.32 Å². The number of nitrogens with one attached hydrogen (secondary N) is 1. The highest BCUT2D eigenvalue weighted by molar-refractivity contribution is 5.94. The van der Waals surface area contributed by atoms with Gasteiger partial charge in [-0.05, 0) is 26.3 Å². The molecule has 7 heteroatoms.